The van der Waals surface area contributed by atoms with Gasteiger partial charge in [0.15, 0.2) is 5.60 Å². The zero-order valence-electron chi connectivity index (χ0n) is 18.1. The van der Waals surface area contributed by atoms with Crippen LogP contribution in [-0.2, 0) is 27.3 Å². The van der Waals surface area contributed by atoms with Gasteiger partial charge in [-0.2, -0.15) is 0 Å². The number of carbonyl (C=O) groups excluding carboxylic acids is 2. The number of ether oxygens (including phenoxy) is 1. The molecule has 0 aliphatic carbocycles. The zero-order chi connectivity index (χ0) is 22.8. The van der Waals surface area contributed by atoms with Gasteiger partial charge in [0.1, 0.15) is 11.6 Å². The first-order valence-corrected chi connectivity index (χ1v) is 11.1. The van der Waals surface area contributed by atoms with Crippen molar-refractivity contribution in [3.05, 3.63) is 65.7 Å². The first-order valence-electron chi connectivity index (χ1n) is 11.1. The predicted octanol–water partition coefficient (Wildman–Crippen LogP) is 1.38. The van der Waals surface area contributed by atoms with Crippen molar-refractivity contribution < 1.29 is 18.7 Å². The molecule has 8 nitrogen and oxygen atoms in total. The lowest BCUT2D eigenvalue weighted by molar-refractivity contribution is -0.163. The van der Waals surface area contributed by atoms with Crippen LogP contribution < -0.4 is 10.6 Å². The average Bonchev–Trinajstić information content (AvgIpc) is 3.37. The Balaban J connectivity index is 1.26. The summed E-state index contributed by atoms with van der Waals surface area (Å²) >= 11 is 0. The van der Waals surface area contributed by atoms with Crippen LogP contribution in [0.15, 0.2) is 48.5 Å². The summed E-state index contributed by atoms with van der Waals surface area (Å²) in [7, 11) is 0. The van der Waals surface area contributed by atoms with Gasteiger partial charge in [0.25, 0.3) is 5.91 Å². The van der Waals surface area contributed by atoms with Crippen LogP contribution >= 0.6 is 0 Å². The maximum absolute atomic E-state index is 13.4. The van der Waals surface area contributed by atoms with Crippen molar-refractivity contribution in [2.75, 3.05) is 32.8 Å². The number of benzene rings is 2. The standard InChI is InChI=1S/C24H26FN5O3/c25-17-6-7-19-20(12-17)29-21(28-19)8-9-26-22(31)18-14-30(13-16-4-2-1-3-5-16)15-24(18)23(32)27-10-11-33-24/h1-7,12,18H,8-11,13-15H2,(H,26,31)(H,27,32)(H,28,29)/t18-,24-/m1/s1. The van der Waals surface area contributed by atoms with Crippen molar-refractivity contribution in [3.63, 3.8) is 0 Å². The van der Waals surface area contributed by atoms with E-state index in [1.54, 1.807) is 6.07 Å². The van der Waals surface area contributed by atoms with Crippen molar-refractivity contribution in [2.24, 2.45) is 5.92 Å². The van der Waals surface area contributed by atoms with E-state index in [1.807, 2.05) is 30.3 Å². The number of rotatable bonds is 6. The summed E-state index contributed by atoms with van der Waals surface area (Å²) < 4.78 is 19.4. The minimum atomic E-state index is -1.19. The summed E-state index contributed by atoms with van der Waals surface area (Å²) in [5, 5.41) is 5.81. The number of H-pyrrole nitrogens is 1. The Morgan fingerprint density at radius 2 is 2.12 bits per heavy atom. The highest BCUT2D eigenvalue weighted by atomic mass is 19.1. The van der Waals surface area contributed by atoms with E-state index in [2.05, 4.69) is 25.5 Å². The van der Waals surface area contributed by atoms with Gasteiger partial charge >= 0.3 is 0 Å². The van der Waals surface area contributed by atoms with Crippen LogP contribution in [-0.4, -0.2) is 65.1 Å². The molecular weight excluding hydrogens is 425 g/mol. The molecule has 0 unspecified atom stereocenters. The van der Waals surface area contributed by atoms with Gasteiger partial charge in [-0.15, -0.1) is 0 Å². The number of hydrogen-bond acceptors (Lipinski definition) is 5. The largest absolute Gasteiger partial charge is 0.361 e. The second-order valence-electron chi connectivity index (χ2n) is 8.59. The molecule has 1 aromatic heterocycles. The summed E-state index contributed by atoms with van der Waals surface area (Å²) in [6.07, 6.45) is 0.461. The van der Waals surface area contributed by atoms with Crippen LogP contribution in [0.25, 0.3) is 11.0 Å². The third-order valence-corrected chi connectivity index (χ3v) is 6.31. The van der Waals surface area contributed by atoms with Crippen molar-refractivity contribution in [2.45, 2.75) is 18.6 Å². The number of carbonyl (C=O) groups is 2. The van der Waals surface area contributed by atoms with Gasteiger partial charge in [-0.25, -0.2) is 9.37 Å². The lowest BCUT2D eigenvalue weighted by Gasteiger charge is -2.36. The number of nitrogens with one attached hydrogen (secondary N) is 3. The molecule has 0 saturated carbocycles. The van der Waals surface area contributed by atoms with Crippen LogP contribution in [0.3, 0.4) is 0 Å². The minimum absolute atomic E-state index is 0.218. The number of halogens is 1. The van der Waals surface area contributed by atoms with Crippen LogP contribution in [0, 0.1) is 11.7 Å². The van der Waals surface area contributed by atoms with E-state index in [1.165, 1.54) is 12.1 Å². The molecule has 2 aliphatic rings. The number of imidazole rings is 1. The quantitative estimate of drug-likeness (QED) is 0.526. The predicted molar refractivity (Wildman–Crippen MR) is 120 cm³/mol. The van der Waals surface area contributed by atoms with Crippen LogP contribution in [0.5, 0.6) is 0 Å². The first kappa shape index (κ1) is 21.5. The normalized spacial score (nSPS) is 23.2. The van der Waals surface area contributed by atoms with Crippen molar-refractivity contribution in [3.8, 4) is 0 Å². The molecule has 1 spiro atoms. The molecule has 3 aromatic rings. The van der Waals surface area contributed by atoms with E-state index in [-0.39, 0.29) is 17.6 Å². The smallest absolute Gasteiger partial charge is 0.254 e. The maximum atomic E-state index is 13.4. The fourth-order valence-corrected chi connectivity index (χ4v) is 4.74. The SMILES string of the molecule is O=C(NCCc1nc2ccc(F)cc2[nH]1)[C@H]1CN(Cc2ccccc2)C[C@@]12OCCNC2=O. The molecule has 0 radical (unpaired) electrons. The lowest BCUT2D eigenvalue weighted by Crippen LogP contribution is -2.62. The summed E-state index contributed by atoms with van der Waals surface area (Å²) in [6, 6.07) is 14.3. The van der Waals surface area contributed by atoms with E-state index in [9.17, 15) is 14.0 Å². The van der Waals surface area contributed by atoms with Gasteiger partial charge in [-0.1, -0.05) is 30.3 Å². The van der Waals surface area contributed by atoms with Crippen molar-refractivity contribution >= 4 is 22.8 Å². The van der Waals surface area contributed by atoms with Gasteiger partial charge in [0.2, 0.25) is 5.91 Å². The van der Waals surface area contributed by atoms with E-state index < -0.39 is 11.5 Å². The van der Waals surface area contributed by atoms with Gasteiger partial charge < -0.3 is 20.4 Å². The molecule has 3 N–H and O–H groups in total. The molecule has 33 heavy (non-hydrogen) atoms. The number of hydrogen-bond donors (Lipinski definition) is 3. The molecular formula is C24H26FN5O3. The van der Waals surface area contributed by atoms with Crippen LogP contribution in [0.2, 0.25) is 0 Å². The lowest BCUT2D eigenvalue weighted by atomic mass is 9.87. The molecule has 2 aliphatic heterocycles. The van der Waals surface area contributed by atoms with Crippen molar-refractivity contribution in [1.82, 2.24) is 25.5 Å². The van der Waals surface area contributed by atoms with Gasteiger partial charge in [0, 0.05) is 39.1 Å². The third-order valence-electron chi connectivity index (χ3n) is 6.31. The number of aromatic amines is 1. The maximum Gasteiger partial charge on any atom is 0.254 e. The van der Waals surface area contributed by atoms with E-state index >= 15 is 0 Å². The molecule has 172 valence electrons. The molecule has 9 heteroatoms. The Labute approximate surface area is 190 Å². The summed E-state index contributed by atoms with van der Waals surface area (Å²) in [4.78, 5) is 35.7. The summed E-state index contributed by atoms with van der Waals surface area (Å²) in [5.74, 6) is -0.738. The van der Waals surface area contributed by atoms with E-state index in [0.29, 0.717) is 62.6 Å². The zero-order valence-corrected chi connectivity index (χ0v) is 18.1. The second kappa shape index (κ2) is 8.92. The van der Waals surface area contributed by atoms with Gasteiger partial charge in [-0.3, -0.25) is 14.5 Å². The number of nitrogens with zero attached hydrogens (tertiary/aromatic N) is 2. The number of aromatic nitrogens is 2. The van der Waals surface area contributed by atoms with Crippen molar-refractivity contribution in [1.29, 1.82) is 0 Å². The van der Waals surface area contributed by atoms with E-state index in [4.69, 9.17) is 4.74 Å². The second-order valence-corrected chi connectivity index (χ2v) is 8.59. The Hall–Kier alpha value is -3.30. The molecule has 2 aromatic carbocycles. The third kappa shape index (κ3) is 4.34. The molecule has 2 saturated heterocycles. The number of amides is 2. The molecule has 2 fully saturated rings. The Morgan fingerprint density at radius 1 is 1.27 bits per heavy atom. The highest BCUT2D eigenvalue weighted by Gasteiger charge is 2.57. The monoisotopic (exact) mass is 451 g/mol. The number of fused-ring (bicyclic) bond motifs is 1. The van der Waals surface area contributed by atoms with Gasteiger partial charge in [-0.05, 0) is 23.8 Å². The van der Waals surface area contributed by atoms with Crippen LogP contribution in [0.1, 0.15) is 11.4 Å². The minimum Gasteiger partial charge on any atom is -0.361 e. The summed E-state index contributed by atoms with van der Waals surface area (Å²) in [5.41, 5.74) is 1.23. The Morgan fingerprint density at radius 3 is 2.94 bits per heavy atom. The van der Waals surface area contributed by atoms with E-state index in [0.717, 1.165) is 5.56 Å². The molecule has 3 heterocycles. The highest BCUT2D eigenvalue weighted by Crippen LogP contribution is 2.34. The van der Waals surface area contributed by atoms with Gasteiger partial charge in [0.05, 0.1) is 23.6 Å². The average molecular weight is 452 g/mol. The molecule has 5 rings (SSSR count). The fourth-order valence-electron chi connectivity index (χ4n) is 4.74. The molecule has 2 amide bonds. The topological polar surface area (TPSA) is 99.3 Å². The van der Waals surface area contributed by atoms with Crippen LogP contribution in [0.4, 0.5) is 4.39 Å². The fraction of sp³-hybridized carbons (Fsp3) is 0.375. The molecule has 2 atom stereocenters. The Kier molecular flexibility index (Phi) is 5.82. The highest BCUT2D eigenvalue weighted by molar-refractivity contribution is 5.94. The Bertz CT molecular complexity index is 1170. The first-order chi connectivity index (χ1) is 16.0. The summed E-state index contributed by atoms with van der Waals surface area (Å²) in [6.45, 7) is 2.59. The number of likely N-dealkylation sites (tertiary alicyclic amines) is 1. The number of morpholine rings is 1. The molecule has 0 bridgehead atoms.